The predicted molar refractivity (Wildman–Crippen MR) is 121 cm³/mol. The van der Waals surface area contributed by atoms with Crippen molar-refractivity contribution < 1.29 is 24.6 Å². The standard InChI is InChI=1S/C21H23N7O6/c22-21-27-18-17(19(32)28-21)25-13(10-24-18)9-23-12-4-1-11(2-5-12)3-7-15(29)26-14(20(33)34)6-8-16(30)31/h1-2,4-5,10,14,23H,3,6-9H2,(H,26,29)(H,30,31)(H,33,34)(H3,22,24,27,28,32). The van der Waals surface area contributed by atoms with Crippen LogP contribution in [0.5, 0.6) is 0 Å². The van der Waals surface area contributed by atoms with Crippen molar-refractivity contribution in [2.24, 2.45) is 0 Å². The van der Waals surface area contributed by atoms with Crippen LogP contribution in [0.2, 0.25) is 0 Å². The quantitative estimate of drug-likeness (QED) is 0.224. The van der Waals surface area contributed by atoms with Crippen molar-refractivity contribution in [3.63, 3.8) is 0 Å². The van der Waals surface area contributed by atoms with E-state index in [2.05, 4.69) is 30.6 Å². The summed E-state index contributed by atoms with van der Waals surface area (Å²) in [7, 11) is 0. The second-order valence-corrected chi connectivity index (χ2v) is 7.43. The molecule has 13 nitrogen and oxygen atoms in total. The molecule has 0 bridgehead atoms. The van der Waals surface area contributed by atoms with Gasteiger partial charge in [0.15, 0.2) is 11.2 Å². The summed E-state index contributed by atoms with van der Waals surface area (Å²) in [5, 5.41) is 23.3. The monoisotopic (exact) mass is 469 g/mol. The molecule has 0 saturated heterocycles. The minimum atomic E-state index is -1.27. The van der Waals surface area contributed by atoms with Crippen LogP contribution in [0.15, 0.2) is 35.3 Å². The van der Waals surface area contributed by atoms with Crippen molar-refractivity contribution in [1.82, 2.24) is 25.3 Å². The first-order valence-corrected chi connectivity index (χ1v) is 10.3. The lowest BCUT2D eigenvalue weighted by molar-refractivity contribution is -0.143. The highest BCUT2D eigenvalue weighted by Crippen LogP contribution is 2.13. The summed E-state index contributed by atoms with van der Waals surface area (Å²) >= 11 is 0. The van der Waals surface area contributed by atoms with E-state index in [1.54, 1.807) is 0 Å². The number of nitrogen functional groups attached to an aromatic ring is 1. The number of nitrogens with two attached hydrogens (primary N) is 1. The maximum Gasteiger partial charge on any atom is 0.326 e. The fourth-order valence-corrected chi connectivity index (χ4v) is 3.09. The Morgan fingerprint density at radius 1 is 1.09 bits per heavy atom. The molecule has 3 aromatic rings. The van der Waals surface area contributed by atoms with Gasteiger partial charge in [0.1, 0.15) is 6.04 Å². The number of hydrogen-bond donors (Lipinski definition) is 6. The molecular weight excluding hydrogens is 446 g/mol. The van der Waals surface area contributed by atoms with Gasteiger partial charge in [-0.2, -0.15) is 4.98 Å². The van der Waals surface area contributed by atoms with Crippen LogP contribution >= 0.6 is 0 Å². The van der Waals surface area contributed by atoms with E-state index >= 15 is 0 Å². The fraction of sp³-hybridized carbons (Fsp3) is 0.286. The molecule has 2 heterocycles. The molecule has 13 heteroatoms. The Hall–Kier alpha value is -4.55. The number of aryl methyl sites for hydroxylation is 1. The van der Waals surface area contributed by atoms with Gasteiger partial charge in [-0.05, 0) is 30.5 Å². The Labute approximate surface area is 192 Å². The number of aromatic amines is 1. The number of carboxylic acid groups (broad SMARTS) is 2. The summed E-state index contributed by atoms with van der Waals surface area (Å²) in [5.41, 5.74) is 7.44. The van der Waals surface area contributed by atoms with Gasteiger partial charge in [0.2, 0.25) is 11.9 Å². The third-order valence-electron chi connectivity index (χ3n) is 4.83. The van der Waals surface area contributed by atoms with Gasteiger partial charge < -0.3 is 26.6 Å². The number of aliphatic carboxylic acids is 2. The molecule has 1 unspecified atom stereocenters. The Morgan fingerprint density at radius 3 is 2.50 bits per heavy atom. The number of nitrogens with zero attached hydrogens (tertiary/aromatic N) is 3. The van der Waals surface area contributed by atoms with Gasteiger partial charge in [0.25, 0.3) is 5.56 Å². The third-order valence-corrected chi connectivity index (χ3v) is 4.83. The van der Waals surface area contributed by atoms with Gasteiger partial charge in [-0.25, -0.2) is 14.8 Å². The number of hydrogen-bond acceptors (Lipinski definition) is 9. The second-order valence-electron chi connectivity index (χ2n) is 7.43. The maximum atomic E-state index is 12.1. The average molecular weight is 469 g/mol. The van der Waals surface area contributed by atoms with E-state index in [1.165, 1.54) is 6.20 Å². The number of carboxylic acids is 2. The molecule has 34 heavy (non-hydrogen) atoms. The van der Waals surface area contributed by atoms with Gasteiger partial charge in [-0.3, -0.25) is 19.4 Å². The van der Waals surface area contributed by atoms with Crippen LogP contribution in [-0.2, 0) is 27.3 Å². The second kappa shape index (κ2) is 10.8. The van der Waals surface area contributed by atoms with Crippen molar-refractivity contribution >= 4 is 40.6 Å². The average Bonchev–Trinajstić information content (AvgIpc) is 2.79. The first-order chi connectivity index (χ1) is 16.2. The van der Waals surface area contributed by atoms with E-state index in [9.17, 15) is 19.2 Å². The minimum Gasteiger partial charge on any atom is -0.481 e. The Morgan fingerprint density at radius 2 is 1.82 bits per heavy atom. The van der Waals surface area contributed by atoms with Crippen LogP contribution in [0.4, 0.5) is 11.6 Å². The molecule has 1 amide bonds. The predicted octanol–water partition coefficient (Wildman–Crippen LogP) is 0.274. The number of aromatic nitrogens is 4. The van der Waals surface area contributed by atoms with Crippen LogP contribution < -0.4 is 21.9 Å². The normalized spacial score (nSPS) is 11.6. The van der Waals surface area contributed by atoms with Crippen molar-refractivity contribution in [3.05, 3.63) is 52.1 Å². The lowest BCUT2D eigenvalue weighted by atomic mass is 10.1. The van der Waals surface area contributed by atoms with Crippen LogP contribution in [0, 0.1) is 0 Å². The van der Waals surface area contributed by atoms with E-state index in [0.29, 0.717) is 18.7 Å². The zero-order chi connectivity index (χ0) is 24.7. The Kier molecular flexibility index (Phi) is 7.69. The molecule has 0 saturated carbocycles. The van der Waals surface area contributed by atoms with Crippen LogP contribution in [-0.4, -0.2) is 54.0 Å². The van der Waals surface area contributed by atoms with Gasteiger partial charge in [0.05, 0.1) is 18.4 Å². The summed E-state index contributed by atoms with van der Waals surface area (Å²) in [6.45, 7) is 0.307. The third kappa shape index (κ3) is 6.72. The molecule has 178 valence electrons. The van der Waals surface area contributed by atoms with Gasteiger partial charge in [-0.1, -0.05) is 12.1 Å². The van der Waals surface area contributed by atoms with E-state index in [4.69, 9.17) is 15.9 Å². The number of H-pyrrole nitrogens is 1. The fourth-order valence-electron chi connectivity index (χ4n) is 3.09. The molecule has 0 aliphatic rings. The summed E-state index contributed by atoms with van der Waals surface area (Å²) in [6, 6.07) is 6.01. The molecule has 3 rings (SSSR count). The van der Waals surface area contributed by atoms with E-state index in [1.807, 2.05) is 24.3 Å². The summed E-state index contributed by atoms with van der Waals surface area (Å²) < 4.78 is 0. The van der Waals surface area contributed by atoms with Crippen molar-refractivity contribution in [3.8, 4) is 0 Å². The molecule has 2 aromatic heterocycles. The van der Waals surface area contributed by atoms with Crippen LogP contribution in [0.1, 0.15) is 30.5 Å². The number of anilines is 2. The number of benzene rings is 1. The molecule has 0 spiro atoms. The molecule has 1 aromatic carbocycles. The highest BCUT2D eigenvalue weighted by Gasteiger charge is 2.20. The zero-order valence-electron chi connectivity index (χ0n) is 17.9. The summed E-state index contributed by atoms with van der Waals surface area (Å²) in [6.07, 6.45) is 1.40. The van der Waals surface area contributed by atoms with E-state index in [-0.39, 0.29) is 36.4 Å². The largest absolute Gasteiger partial charge is 0.481 e. The molecule has 1 atom stereocenters. The van der Waals surface area contributed by atoms with E-state index < -0.39 is 29.4 Å². The molecule has 0 aliphatic carbocycles. The maximum absolute atomic E-state index is 12.1. The smallest absolute Gasteiger partial charge is 0.326 e. The molecule has 0 aliphatic heterocycles. The number of amides is 1. The number of carbonyl (C=O) groups is 3. The highest BCUT2D eigenvalue weighted by atomic mass is 16.4. The Bertz CT molecular complexity index is 1260. The van der Waals surface area contributed by atoms with Crippen LogP contribution in [0.3, 0.4) is 0 Å². The first-order valence-electron chi connectivity index (χ1n) is 10.3. The lowest BCUT2D eigenvalue weighted by Crippen LogP contribution is -2.41. The number of nitrogens with one attached hydrogen (secondary N) is 3. The van der Waals surface area contributed by atoms with Crippen LogP contribution in [0.25, 0.3) is 11.2 Å². The van der Waals surface area contributed by atoms with Gasteiger partial charge in [-0.15, -0.1) is 0 Å². The molecule has 0 fully saturated rings. The van der Waals surface area contributed by atoms with Crippen molar-refractivity contribution in [1.29, 1.82) is 0 Å². The number of carbonyl (C=O) groups excluding carboxylic acids is 1. The van der Waals surface area contributed by atoms with Gasteiger partial charge in [0, 0.05) is 18.5 Å². The Balaban J connectivity index is 1.50. The lowest BCUT2D eigenvalue weighted by Gasteiger charge is -2.13. The summed E-state index contributed by atoms with van der Waals surface area (Å²) in [4.78, 5) is 60.4. The number of fused-ring (bicyclic) bond motifs is 1. The van der Waals surface area contributed by atoms with Gasteiger partial charge >= 0.3 is 11.9 Å². The zero-order valence-corrected chi connectivity index (χ0v) is 17.9. The molecule has 0 radical (unpaired) electrons. The molecule has 7 N–H and O–H groups in total. The van der Waals surface area contributed by atoms with Crippen molar-refractivity contribution in [2.45, 2.75) is 38.3 Å². The van der Waals surface area contributed by atoms with E-state index in [0.717, 1.165) is 11.3 Å². The topological polar surface area (TPSA) is 213 Å². The SMILES string of the molecule is Nc1nc2ncc(CNc3ccc(CCC(=O)NC(CCC(=O)O)C(=O)O)cc3)nc2c(=O)[nH]1. The molecular formula is C21H23N7O6. The minimum absolute atomic E-state index is 0.0323. The number of rotatable bonds is 11. The van der Waals surface area contributed by atoms with Crippen molar-refractivity contribution in [2.75, 3.05) is 11.1 Å². The first kappa shape index (κ1) is 24.1. The highest BCUT2D eigenvalue weighted by molar-refractivity contribution is 5.84. The summed E-state index contributed by atoms with van der Waals surface area (Å²) in [5.74, 6) is -2.90.